The largest absolute Gasteiger partial charge is 0.497 e. The average Bonchev–Trinajstić information content (AvgIpc) is 2.53. The molecular weight excluding hydrogens is 280 g/mol. The third-order valence-corrected chi connectivity index (χ3v) is 3.54. The van der Waals surface area contributed by atoms with Crippen LogP contribution in [0.1, 0.15) is 25.5 Å². The predicted octanol–water partition coefficient (Wildman–Crippen LogP) is 4.41. The summed E-state index contributed by atoms with van der Waals surface area (Å²) in [4.78, 5) is 10.4. The van der Waals surface area contributed by atoms with Gasteiger partial charge in [0.2, 0.25) is 0 Å². The highest BCUT2D eigenvalue weighted by Crippen LogP contribution is 2.28. The normalized spacial score (nSPS) is 12.0. The smallest absolute Gasteiger partial charge is 0.269 e. The molecule has 0 aliphatic heterocycles. The van der Waals surface area contributed by atoms with Crippen LogP contribution in [0.15, 0.2) is 48.5 Å². The predicted molar refractivity (Wildman–Crippen MR) is 87.3 cm³/mol. The fourth-order valence-corrected chi connectivity index (χ4v) is 2.31. The maximum absolute atomic E-state index is 10.7. The Labute approximate surface area is 130 Å². The number of nitrogens with zero attached hydrogens (tertiary/aromatic N) is 1. The molecule has 0 bridgehead atoms. The molecule has 2 aromatic carbocycles. The second-order valence-corrected chi connectivity index (χ2v) is 5.44. The summed E-state index contributed by atoms with van der Waals surface area (Å²) in [5.41, 5.74) is 2.12. The van der Waals surface area contributed by atoms with Crippen molar-refractivity contribution in [2.45, 2.75) is 19.9 Å². The first-order chi connectivity index (χ1) is 10.5. The monoisotopic (exact) mass is 300 g/mol. The van der Waals surface area contributed by atoms with Crippen molar-refractivity contribution in [1.29, 1.82) is 0 Å². The number of ether oxygens (including phenoxy) is 1. The van der Waals surface area contributed by atoms with Gasteiger partial charge in [-0.2, -0.15) is 0 Å². The first-order valence-corrected chi connectivity index (χ1v) is 7.16. The van der Waals surface area contributed by atoms with Crippen molar-refractivity contribution in [2.75, 3.05) is 12.4 Å². The summed E-state index contributed by atoms with van der Waals surface area (Å²) < 4.78 is 5.15. The second kappa shape index (κ2) is 6.93. The van der Waals surface area contributed by atoms with Crippen LogP contribution in [0.25, 0.3) is 0 Å². The Morgan fingerprint density at radius 3 is 2.09 bits per heavy atom. The molecule has 0 amide bonds. The summed E-state index contributed by atoms with van der Waals surface area (Å²) in [7, 11) is 1.64. The number of hydrogen-bond acceptors (Lipinski definition) is 4. The zero-order chi connectivity index (χ0) is 16.1. The molecule has 2 rings (SSSR count). The van der Waals surface area contributed by atoms with E-state index >= 15 is 0 Å². The van der Waals surface area contributed by atoms with Crippen molar-refractivity contribution >= 4 is 11.4 Å². The Morgan fingerprint density at radius 2 is 1.64 bits per heavy atom. The molecule has 2 aromatic rings. The number of rotatable bonds is 6. The van der Waals surface area contributed by atoms with Crippen LogP contribution in [0.4, 0.5) is 11.4 Å². The third kappa shape index (κ3) is 3.75. The molecule has 116 valence electrons. The molecule has 0 radical (unpaired) electrons. The van der Waals surface area contributed by atoms with E-state index in [9.17, 15) is 10.1 Å². The molecule has 0 heterocycles. The SMILES string of the molecule is COc1ccc(NC(c2ccc([N+](=O)[O-])cc2)C(C)C)cc1. The van der Waals surface area contributed by atoms with Crippen LogP contribution in [0, 0.1) is 16.0 Å². The molecule has 1 N–H and O–H groups in total. The van der Waals surface area contributed by atoms with Crippen molar-refractivity contribution < 1.29 is 9.66 Å². The summed E-state index contributed by atoms with van der Waals surface area (Å²) in [5, 5.41) is 14.2. The van der Waals surface area contributed by atoms with E-state index in [-0.39, 0.29) is 16.7 Å². The molecule has 0 spiro atoms. The van der Waals surface area contributed by atoms with E-state index in [2.05, 4.69) is 19.2 Å². The number of anilines is 1. The molecule has 5 nitrogen and oxygen atoms in total. The van der Waals surface area contributed by atoms with Crippen LogP contribution in [0.2, 0.25) is 0 Å². The average molecular weight is 300 g/mol. The van der Waals surface area contributed by atoms with Crippen LogP contribution in [0.5, 0.6) is 5.75 Å². The van der Waals surface area contributed by atoms with E-state index in [4.69, 9.17) is 4.74 Å². The van der Waals surface area contributed by atoms with Gasteiger partial charge in [0.25, 0.3) is 5.69 Å². The minimum absolute atomic E-state index is 0.0780. The fraction of sp³-hybridized carbons (Fsp3) is 0.294. The molecular formula is C17H20N2O3. The number of benzene rings is 2. The van der Waals surface area contributed by atoms with Crippen molar-refractivity contribution in [1.82, 2.24) is 0 Å². The zero-order valence-corrected chi connectivity index (χ0v) is 12.9. The molecule has 1 atom stereocenters. The van der Waals surface area contributed by atoms with E-state index in [1.165, 1.54) is 0 Å². The van der Waals surface area contributed by atoms with Gasteiger partial charge in [-0.3, -0.25) is 10.1 Å². The number of non-ortho nitro benzene ring substituents is 1. The lowest BCUT2D eigenvalue weighted by molar-refractivity contribution is -0.384. The van der Waals surface area contributed by atoms with Gasteiger partial charge in [-0.1, -0.05) is 26.0 Å². The molecule has 0 aliphatic carbocycles. The third-order valence-electron chi connectivity index (χ3n) is 3.54. The number of nitro benzene ring substituents is 1. The van der Waals surface area contributed by atoms with E-state index in [0.717, 1.165) is 17.0 Å². The quantitative estimate of drug-likeness (QED) is 0.634. The lowest BCUT2D eigenvalue weighted by Gasteiger charge is -2.24. The van der Waals surface area contributed by atoms with E-state index < -0.39 is 0 Å². The Kier molecular flexibility index (Phi) is 4.99. The topological polar surface area (TPSA) is 64.4 Å². The van der Waals surface area contributed by atoms with E-state index in [1.807, 2.05) is 24.3 Å². The van der Waals surface area contributed by atoms with Gasteiger partial charge in [0.15, 0.2) is 0 Å². The highest BCUT2D eigenvalue weighted by molar-refractivity contribution is 5.49. The highest BCUT2D eigenvalue weighted by Gasteiger charge is 2.17. The molecule has 1 unspecified atom stereocenters. The molecule has 5 heteroatoms. The van der Waals surface area contributed by atoms with Crippen LogP contribution < -0.4 is 10.1 Å². The van der Waals surface area contributed by atoms with Crippen LogP contribution in [0.3, 0.4) is 0 Å². The van der Waals surface area contributed by atoms with Gasteiger partial charge in [-0.05, 0) is 35.7 Å². The van der Waals surface area contributed by atoms with Crippen molar-refractivity contribution in [2.24, 2.45) is 5.92 Å². The van der Waals surface area contributed by atoms with Crippen LogP contribution in [-0.2, 0) is 0 Å². The Hall–Kier alpha value is -2.56. The van der Waals surface area contributed by atoms with Crippen LogP contribution in [-0.4, -0.2) is 12.0 Å². The van der Waals surface area contributed by atoms with Gasteiger partial charge in [0.1, 0.15) is 5.75 Å². The second-order valence-electron chi connectivity index (χ2n) is 5.44. The maximum atomic E-state index is 10.7. The highest BCUT2D eigenvalue weighted by atomic mass is 16.6. The lowest BCUT2D eigenvalue weighted by Crippen LogP contribution is -2.16. The Bertz CT molecular complexity index is 621. The number of hydrogen-bond donors (Lipinski definition) is 1. The van der Waals surface area contributed by atoms with Crippen molar-refractivity contribution in [3.8, 4) is 5.75 Å². The van der Waals surface area contributed by atoms with E-state index in [1.54, 1.807) is 31.4 Å². The summed E-state index contributed by atoms with van der Waals surface area (Å²) in [5.74, 6) is 1.14. The minimum atomic E-state index is -0.384. The van der Waals surface area contributed by atoms with Gasteiger partial charge in [-0.25, -0.2) is 0 Å². The zero-order valence-electron chi connectivity index (χ0n) is 12.9. The van der Waals surface area contributed by atoms with Crippen molar-refractivity contribution in [3.63, 3.8) is 0 Å². The molecule has 0 saturated carbocycles. The van der Waals surface area contributed by atoms with Gasteiger partial charge < -0.3 is 10.1 Å². The minimum Gasteiger partial charge on any atom is -0.497 e. The number of methoxy groups -OCH3 is 1. The molecule has 22 heavy (non-hydrogen) atoms. The number of nitro groups is 1. The van der Waals surface area contributed by atoms with Crippen molar-refractivity contribution in [3.05, 3.63) is 64.2 Å². The molecule has 0 aromatic heterocycles. The summed E-state index contributed by atoms with van der Waals surface area (Å²) in [6.07, 6.45) is 0. The lowest BCUT2D eigenvalue weighted by atomic mass is 9.95. The summed E-state index contributed by atoms with van der Waals surface area (Å²) in [6.45, 7) is 4.23. The van der Waals surface area contributed by atoms with Gasteiger partial charge >= 0.3 is 0 Å². The number of nitrogens with one attached hydrogen (secondary N) is 1. The molecule has 0 saturated heterocycles. The van der Waals surface area contributed by atoms with Gasteiger partial charge in [0.05, 0.1) is 18.1 Å². The fourth-order valence-electron chi connectivity index (χ4n) is 2.31. The van der Waals surface area contributed by atoms with E-state index in [0.29, 0.717) is 5.92 Å². The van der Waals surface area contributed by atoms with Gasteiger partial charge in [-0.15, -0.1) is 0 Å². The Morgan fingerprint density at radius 1 is 1.05 bits per heavy atom. The summed E-state index contributed by atoms with van der Waals surface area (Å²) >= 11 is 0. The summed E-state index contributed by atoms with van der Waals surface area (Å²) in [6, 6.07) is 14.5. The van der Waals surface area contributed by atoms with Crippen LogP contribution >= 0.6 is 0 Å². The van der Waals surface area contributed by atoms with Gasteiger partial charge in [0, 0.05) is 17.8 Å². The molecule has 0 fully saturated rings. The Balaban J connectivity index is 2.20. The first kappa shape index (κ1) is 15.8. The molecule has 0 aliphatic rings. The maximum Gasteiger partial charge on any atom is 0.269 e. The standard InChI is InChI=1S/C17H20N2O3/c1-12(2)17(13-4-8-15(9-5-13)19(20)21)18-14-6-10-16(22-3)11-7-14/h4-12,17-18H,1-3H3. The first-order valence-electron chi connectivity index (χ1n) is 7.16.